The lowest BCUT2D eigenvalue weighted by Gasteiger charge is -2.29. The van der Waals surface area contributed by atoms with E-state index in [0.717, 1.165) is 42.8 Å². The quantitative estimate of drug-likeness (QED) is 0.387. The van der Waals surface area contributed by atoms with Gasteiger partial charge in [0.25, 0.3) is 5.91 Å². The molecule has 0 bridgehead atoms. The van der Waals surface area contributed by atoms with Crippen LogP contribution in [-0.2, 0) is 0 Å². The SMILES string of the molecule is COc1ccccc1Nc1ccc2c(NC(=O)c3ccc(C4CCN(C)CC4)cc3)n[nH]c2n1. The molecular weight excluding hydrogens is 428 g/mol. The van der Waals surface area contributed by atoms with Crippen molar-refractivity contribution in [2.45, 2.75) is 18.8 Å². The molecule has 3 heterocycles. The molecule has 0 unspecified atom stereocenters. The van der Waals surface area contributed by atoms with E-state index in [1.54, 1.807) is 7.11 Å². The van der Waals surface area contributed by atoms with Crippen LogP contribution in [0, 0.1) is 0 Å². The van der Waals surface area contributed by atoms with Crippen LogP contribution >= 0.6 is 0 Å². The van der Waals surface area contributed by atoms with E-state index in [1.807, 2.05) is 48.5 Å². The number of aromatic amines is 1. The van der Waals surface area contributed by atoms with E-state index in [2.05, 4.69) is 49.9 Å². The number of ether oxygens (including phenoxy) is 1. The number of hydrogen-bond acceptors (Lipinski definition) is 6. The van der Waals surface area contributed by atoms with Gasteiger partial charge in [0, 0.05) is 5.56 Å². The van der Waals surface area contributed by atoms with E-state index in [0.29, 0.717) is 28.8 Å². The number of carbonyl (C=O) groups is 1. The minimum Gasteiger partial charge on any atom is -0.495 e. The van der Waals surface area contributed by atoms with Gasteiger partial charge in [-0.25, -0.2) is 4.98 Å². The van der Waals surface area contributed by atoms with E-state index < -0.39 is 0 Å². The summed E-state index contributed by atoms with van der Waals surface area (Å²) in [4.78, 5) is 19.8. The number of para-hydroxylation sites is 2. The molecule has 34 heavy (non-hydrogen) atoms. The van der Waals surface area contributed by atoms with Gasteiger partial charge >= 0.3 is 0 Å². The van der Waals surface area contributed by atoms with Crippen molar-refractivity contribution in [1.29, 1.82) is 0 Å². The van der Waals surface area contributed by atoms with Crippen LogP contribution in [0.15, 0.2) is 60.7 Å². The lowest BCUT2D eigenvalue weighted by atomic mass is 9.89. The van der Waals surface area contributed by atoms with Crippen molar-refractivity contribution in [2.75, 3.05) is 37.9 Å². The van der Waals surface area contributed by atoms with Gasteiger partial charge in [0.05, 0.1) is 18.2 Å². The average molecular weight is 457 g/mol. The van der Waals surface area contributed by atoms with E-state index in [4.69, 9.17) is 4.74 Å². The van der Waals surface area contributed by atoms with Gasteiger partial charge in [0.1, 0.15) is 11.6 Å². The molecule has 2 aromatic carbocycles. The van der Waals surface area contributed by atoms with Gasteiger partial charge in [-0.3, -0.25) is 9.89 Å². The fourth-order valence-electron chi connectivity index (χ4n) is 4.38. The lowest BCUT2D eigenvalue weighted by Crippen LogP contribution is -2.29. The summed E-state index contributed by atoms with van der Waals surface area (Å²) in [6.45, 7) is 2.23. The molecule has 2 aromatic heterocycles. The minimum absolute atomic E-state index is 0.195. The largest absolute Gasteiger partial charge is 0.495 e. The first-order valence-corrected chi connectivity index (χ1v) is 11.5. The number of hydrogen-bond donors (Lipinski definition) is 3. The Hall–Kier alpha value is -3.91. The monoisotopic (exact) mass is 456 g/mol. The van der Waals surface area contributed by atoms with Crippen LogP contribution in [0.4, 0.5) is 17.3 Å². The van der Waals surface area contributed by atoms with Crippen molar-refractivity contribution in [2.24, 2.45) is 0 Å². The molecule has 1 aliphatic rings. The zero-order valence-electron chi connectivity index (χ0n) is 19.3. The molecule has 1 fully saturated rings. The molecule has 1 saturated heterocycles. The van der Waals surface area contributed by atoms with Gasteiger partial charge < -0.3 is 20.3 Å². The van der Waals surface area contributed by atoms with Gasteiger partial charge in [-0.2, -0.15) is 5.10 Å². The first-order chi connectivity index (χ1) is 16.6. The van der Waals surface area contributed by atoms with Crippen LogP contribution in [0.25, 0.3) is 11.0 Å². The number of benzene rings is 2. The molecule has 0 spiro atoms. The Kier molecular flexibility index (Phi) is 6.14. The summed E-state index contributed by atoms with van der Waals surface area (Å²) < 4.78 is 5.38. The number of piperidine rings is 1. The van der Waals surface area contributed by atoms with Crippen LogP contribution in [0.3, 0.4) is 0 Å². The number of methoxy groups -OCH3 is 1. The molecule has 8 heteroatoms. The number of carbonyl (C=O) groups excluding carboxylic acids is 1. The first kappa shape index (κ1) is 21.9. The molecule has 3 N–H and O–H groups in total. The molecular formula is C26H28N6O2. The molecule has 0 atom stereocenters. The number of nitrogens with one attached hydrogen (secondary N) is 3. The highest BCUT2D eigenvalue weighted by molar-refractivity contribution is 6.07. The lowest BCUT2D eigenvalue weighted by molar-refractivity contribution is 0.102. The van der Waals surface area contributed by atoms with E-state index in [9.17, 15) is 4.79 Å². The second-order valence-electron chi connectivity index (χ2n) is 8.64. The van der Waals surface area contributed by atoms with Crippen LogP contribution in [-0.4, -0.2) is 53.2 Å². The molecule has 174 valence electrons. The number of anilines is 3. The maximum atomic E-state index is 12.8. The Balaban J connectivity index is 1.28. The van der Waals surface area contributed by atoms with Crippen molar-refractivity contribution in [3.63, 3.8) is 0 Å². The van der Waals surface area contributed by atoms with Crippen molar-refractivity contribution in [3.05, 3.63) is 71.8 Å². The molecule has 1 amide bonds. The fourth-order valence-corrected chi connectivity index (χ4v) is 4.38. The molecule has 0 aliphatic carbocycles. The van der Waals surface area contributed by atoms with Crippen molar-refractivity contribution < 1.29 is 9.53 Å². The third-order valence-corrected chi connectivity index (χ3v) is 6.39. The number of likely N-dealkylation sites (tertiary alicyclic amines) is 1. The summed E-state index contributed by atoms with van der Waals surface area (Å²) in [5.74, 6) is 2.19. The second-order valence-corrected chi connectivity index (χ2v) is 8.64. The number of nitrogens with zero attached hydrogens (tertiary/aromatic N) is 3. The summed E-state index contributed by atoms with van der Waals surface area (Å²) in [5.41, 5.74) is 3.30. The summed E-state index contributed by atoms with van der Waals surface area (Å²) in [6.07, 6.45) is 2.31. The van der Waals surface area contributed by atoms with Crippen molar-refractivity contribution in [1.82, 2.24) is 20.1 Å². The average Bonchev–Trinajstić information content (AvgIpc) is 3.26. The second kappa shape index (κ2) is 9.52. The summed E-state index contributed by atoms with van der Waals surface area (Å²) in [6, 6.07) is 19.3. The number of fused-ring (bicyclic) bond motifs is 1. The van der Waals surface area contributed by atoms with E-state index >= 15 is 0 Å². The maximum absolute atomic E-state index is 12.8. The van der Waals surface area contributed by atoms with Gasteiger partial charge in [-0.15, -0.1) is 0 Å². The Morgan fingerprint density at radius 3 is 2.59 bits per heavy atom. The van der Waals surface area contributed by atoms with E-state index in [1.165, 1.54) is 5.56 Å². The minimum atomic E-state index is -0.195. The van der Waals surface area contributed by atoms with E-state index in [-0.39, 0.29) is 5.91 Å². The molecule has 4 aromatic rings. The van der Waals surface area contributed by atoms with Crippen LogP contribution in [0.5, 0.6) is 5.75 Å². The standard InChI is InChI=1S/C26H28N6O2/c1-32-15-13-18(14-16-32)17-7-9-19(10-8-17)26(33)29-25-20-11-12-23(28-24(20)30-31-25)27-21-5-3-4-6-22(21)34-2/h3-12,18H,13-16H2,1-2H3,(H3,27,28,29,30,31,33). The number of pyridine rings is 1. The highest BCUT2D eigenvalue weighted by Gasteiger charge is 2.19. The fraction of sp³-hybridized carbons (Fsp3) is 0.269. The zero-order chi connectivity index (χ0) is 23.5. The molecule has 5 rings (SSSR count). The van der Waals surface area contributed by atoms with Gasteiger partial charge in [-0.1, -0.05) is 24.3 Å². The van der Waals surface area contributed by atoms with Crippen LogP contribution in [0.1, 0.15) is 34.7 Å². The Morgan fingerprint density at radius 2 is 1.82 bits per heavy atom. The number of rotatable bonds is 6. The number of aromatic nitrogens is 3. The van der Waals surface area contributed by atoms with Gasteiger partial charge in [0.15, 0.2) is 11.5 Å². The predicted molar refractivity (Wildman–Crippen MR) is 134 cm³/mol. The third-order valence-electron chi connectivity index (χ3n) is 6.39. The Bertz CT molecular complexity index is 1290. The number of amides is 1. The molecule has 1 aliphatic heterocycles. The summed E-state index contributed by atoms with van der Waals surface area (Å²) in [5, 5.41) is 14.1. The predicted octanol–water partition coefficient (Wildman–Crippen LogP) is 4.77. The Morgan fingerprint density at radius 1 is 1.06 bits per heavy atom. The molecule has 0 saturated carbocycles. The summed E-state index contributed by atoms with van der Waals surface area (Å²) >= 11 is 0. The third kappa shape index (κ3) is 4.58. The topological polar surface area (TPSA) is 95.2 Å². The van der Waals surface area contributed by atoms with Crippen LogP contribution in [0.2, 0.25) is 0 Å². The highest BCUT2D eigenvalue weighted by Crippen LogP contribution is 2.29. The molecule has 8 nitrogen and oxygen atoms in total. The summed E-state index contributed by atoms with van der Waals surface area (Å²) in [7, 11) is 3.79. The van der Waals surface area contributed by atoms with Gasteiger partial charge in [0.2, 0.25) is 0 Å². The van der Waals surface area contributed by atoms with Gasteiger partial charge in [-0.05, 0) is 80.9 Å². The normalized spacial score (nSPS) is 14.8. The van der Waals surface area contributed by atoms with Crippen LogP contribution < -0.4 is 15.4 Å². The molecule has 0 radical (unpaired) electrons. The first-order valence-electron chi connectivity index (χ1n) is 11.5. The Labute approximate surface area is 198 Å². The maximum Gasteiger partial charge on any atom is 0.256 e. The zero-order valence-corrected chi connectivity index (χ0v) is 19.3. The van der Waals surface area contributed by atoms with Crippen molar-refractivity contribution >= 4 is 34.3 Å². The smallest absolute Gasteiger partial charge is 0.256 e. The highest BCUT2D eigenvalue weighted by atomic mass is 16.5. The number of H-pyrrole nitrogens is 1. The van der Waals surface area contributed by atoms with Crippen molar-refractivity contribution in [3.8, 4) is 5.75 Å².